The summed E-state index contributed by atoms with van der Waals surface area (Å²) in [4.78, 5) is 12.9. The number of ether oxygens (including phenoxy) is 3. The maximum absolute atomic E-state index is 12.9. The maximum atomic E-state index is 12.9. The Balaban J connectivity index is 1.64. The van der Waals surface area contributed by atoms with Crippen molar-refractivity contribution < 1.29 is 34.3 Å². The van der Waals surface area contributed by atoms with E-state index in [0.29, 0.717) is 62.8 Å². The molecule has 0 spiro atoms. The zero-order valence-electron chi connectivity index (χ0n) is 23.4. The molecule has 0 aromatic heterocycles. The fourth-order valence-corrected chi connectivity index (χ4v) is 9.24. The number of ketones is 1. The molecule has 3 N–H and O–H groups in total. The van der Waals surface area contributed by atoms with E-state index in [-0.39, 0.29) is 60.7 Å². The predicted octanol–water partition coefficient (Wildman–Crippen LogP) is 3.76. The van der Waals surface area contributed by atoms with Crippen LogP contribution in [0.3, 0.4) is 0 Å². The molecule has 7 nitrogen and oxygen atoms in total. The summed E-state index contributed by atoms with van der Waals surface area (Å²) in [6.45, 7) is 8.68. The molecule has 0 heterocycles. The molecule has 10 atom stereocenters. The van der Waals surface area contributed by atoms with Gasteiger partial charge in [0.15, 0.2) is 0 Å². The van der Waals surface area contributed by atoms with E-state index in [1.54, 1.807) is 6.92 Å². The number of hydrogen-bond acceptors (Lipinski definition) is 7. The highest BCUT2D eigenvalue weighted by atomic mass is 16.5. The molecule has 4 aliphatic rings. The van der Waals surface area contributed by atoms with Crippen LogP contribution in [-0.4, -0.2) is 79.1 Å². The second-order valence-corrected chi connectivity index (χ2v) is 12.8. The zero-order chi connectivity index (χ0) is 26.6. The lowest BCUT2D eigenvalue weighted by Gasteiger charge is -2.64. The Hall–Kier alpha value is -0.570. The molecule has 0 aromatic rings. The van der Waals surface area contributed by atoms with Crippen molar-refractivity contribution in [1.82, 2.24) is 0 Å². The van der Waals surface area contributed by atoms with Crippen molar-refractivity contribution in [2.45, 2.75) is 103 Å². The summed E-state index contributed by atoms with van der Waals surface area (Å²) in [6.07, 6.45) is 9.42. The largest absolute Gasteiger partial charge is 0.396 e. The Morgan fingerprint density at radius 1 is 0.811 bits per heavy atom. The van der Waals surface area contributed by atoms with E-state index in [0.717, 1.165) is 44.9 Å². The summed E-state index contributed by atoms with van der Waals surface area (Å²) in [6, 6.07) is 0. The Morgan fingerprint density at radius 3 is 2.11 bits per heavy atom. The smallest absolute Gasteiger partial charge is 0.133 e. The van der Waals surface area contributed by atoms with E-state index < -0.39 is 0 Å². The summed E-state index contributed by atoms with van der Waals surface area (Å²) in [7, 11) is 0. The van der Waals surface area contributed by atoms with Gasteiger partial charge in [0, 0.05) is 51.0 Å². The topological polar surface area (TPSA) is 105 Å². The maximum Gasteiger partial charge on any atom is 0.133 e. The third-order valence-electron chi connectivity index (χ3n) is 11.1. The minimum Gasteiger partial charge on any atom is -0.396 e. The van der Waals surface area contributed by atoms with Gasteiger partial charge in [0.05, 0.1) is 18.3 Å². The van der Waals surface area contributed by atoms with Crippen LogP contribution in [-0.2, 0) is 19.0 Å². The average molecular weight is 525 g/mol. The van der Waals surface area contributed by atoms with E-state index in [2.05, 4.69) is 13.8 Å². The van der Waals surface area contributed by atoms with Crippen molar-refractivity contribution in [3.63, 3.8) is 0 Å². The van der Waals surface area contributed by atoms with Gasteiger partial charge in [0.25, 0.3) is 0 Å². The molecule has 4 aliphatic carbocycles. The van der Waals surface area contributed by atoms with Crippen LogP contribution >= 0.6 is 0 Å². The number of carbonyl (C=O) groups is 1. The number of hydrogen-bond donors (Lipinski definition) is 3. The predicted molar refractivity (Wildman–Crippen MR) is 141 cm³/mol. The summed E-state index contributed by atoms with van der Waals surface area (Å²) < 4.78 is 19.4. The van der Waals surface area contributed by atoms with Crippen molar-refractivity contribution in [1.29, 1.82) is 0 Å². The summed E-state index contributed by atoms with van der Waals surface area (Å²) >= 11 is 0. The van der Waals surface area contributed by atoms with Crippen LogP contribution in [0.15, 0.2) is 0 Å². The first-order valence-electron chi connectivity index (χ1n) is 15.0. The van der Waals surface area contributed by atoms with Crippen LogP contribution < -0.4 is 0 Å². The van der Waals surface area contributed by atoms with Crippen LogP contribution in [0.25, 0.3) is 0 Å². The summed E-state index contributed by atoms with van der Waals surface area (Å²) in [5.41, 5.74) is -0.0403. The number of carbonyl (C=O) groups excluding carboxylic acids is 1. The average Bonchev–Trinajstić information content (AvgIpc) is 3.23. The van der Waals surface area contributed by atoms with Gasteiger partial charge in [-0.15, -0.1) is 0 Å². The normalized spacial score (nSPS) is 43.2. The van der Waals surface area contributed by atoms with Crippen molar-refractivity contribution in [3.8, 4) is 0 Å². The lowest BCUT2D eigenvalue weighted by atomic mass is 9.43. The van der Waals surface area contributed by atoms with Gasteiger partial charge in [-0.3, -0.25) is 4.79 Å². The molecular formula is C30H52O7. The highest BCUT2D eigenvalue weighted by Crippen LogP contribution is 2.68. The lowest BCUT2D eigenvalue weighted by Crippen LogP contribution is -2.63. The van der Waals surface area contributed by atoms with Crippen LogP contribution in [0.1, 0.15) is 85.0 Å². The van der Waals surface area contributed by atoms with E-state index in [9.17, 15) is 20.1 Å². The molecule has 3 unspecified atom stereocenters. The summed E-state index contributed by atoms with van der Waals surface area (Å²) in [5, 5.41) is 28.0. The first-order valence-corrected chi connectivity index (χ1v) is 15.0. The Kier molecular flexibility index (Phi) is 10.1. The monoisotopic (exact) mass is 524 g/mol. The van der Waals surface area contributed by atoms with Crippen LogP contribution in [0.4, 0.5) is 0 Å². The van der Waals surface area contributed by atoms with E-state index >= 15 is 0 Å². The number of rotatable bonds is 13. The molecule has 0 aromatic carbocycles. The Bertz CT molecular complexity index is 745. The first kappa shape index (κ1) is 29.4. The molecule has 37 heavy (non-hydrogen) atoms. The SMILES string of the molecule is CC(=O)[C@H]1CC[C@H]2C3C(OCCCO)CC4C[C@H](OCCCO)CC[C@]4(C)[C@H]3C[C@H](OCCCO)[C@]12C. The molecule has 7 heteroatoms. The van der Waals surface area contributed by atoms with Crippen molar-refractivity contribution in [2.75, 3.05) is 39.6 Å². The molecule has 4 saturated carbocycles. The minimum absolute atomic E-state index is 0.00824. The summed E-state index contributed by atoms with van der Waals surface area (Å²) in [5.74, 6) is 1.99. The van der Waals surface area contributed by atoms with Crippen molar-refractivity contribution in [3.05, 3.63) is 0 Å². The molecule has 4 rings (SSSR count). The molecule has 214 valence electrons. The molecule has 0 saturated heterocycles. The first-order chi connectivity index (χ1) is 17.8. The van der Waals surface area contributed by atoms with Gasteiger partial charge in [-0.2, -0.15) is 0 Å². The molecule has 0 radical (unpaired) electrons. The zero-order valence-corrected chi connectivity index (χ0v) is 23.4. The molecule has 0 bridgehead atoms. The second-order valence-electron chi connectivity index (χ2n) is 12.8. The van der Waals surface area contributed by atoms with Gasteiger partial charge < -0.3 is 29.5 Å². The quantitative estimate of drug-likeness (QED) is 0.315. The standard InChI is InChI=1S/C30H52O7/c1-20(34)23-7-8-24-28-25(19-27(30(23,24)3)37-16-6-13-33)29(2)10-9-22(35-14-4-11-31)17-21(29)18-26(28)36-15-5-12-32/h21-28,31-33H,4-19H2,1-3H3/t21?,22-,23-,24+,25+,26?,27+,28?,29+,30-/m1/s1. The fourth-order valence-electron chi connectivity index (χ4n) is 9.24. The van der Waals surface area contributed by atoms with Gasteiger partial charge in [-0.1, -0.05) is 13.8 Å². The van der Waals surface area contributed by atoms with Gasteiger partial charge >= 0.3 is 0 Å². The lowest BCUT2D eigenvalue weighted by molar-refractivity contribution is -0.225. The Morgan fingerprint density at radius 2 is 1.46 bits per heavy atom. The van der Waals surface area contributed by atoms with E-state index in [4.69, 9.17) is 14.2 Å². The third-order valence-corrected chi connectivity index (χ3v) is 11.1. The highest BCUT2D eigenvalue weighted by molar-refractivity contribution is 5.79. The molecular weight excluding hydrogens is 472 g/mol. The second kappa shape index (κ2) is 12.7. The number of aliphatic hydroxyl groups excluding tert-OH is 3. The molecule has 0 aliphatic heterocycles. The molecule has 0 amide bonds. The van der Waals surface area contributed by atoms with Crippen LogP contribution in [0, 0.1) is 40.4 Å². The number of Topliss-reactive ketones (excluding diaryl/α,β-unsaturated/α-hetero) is 1. The van der Waals surface area contributed by atoms with E-state index in [1.807, 2.05) is 0 Å². The van der Waals surface area contributed by atoms with Crippen molar-refractivity contribution in [2.24, 2.45) is 40.4 Å². The van der Waals surface area contributed by atoms with Crippen LogP contribution in [0.2, 0.25) is 0 Å². The van der Waals surface area contributed by atoms with Crippen LogP contribution in [0.5, 0.6) is 0 Å². The molecule has 4 fully saturated rings. The van der Waals surface area contributed by atoms with Gasteiger partial charge in [-0.25, -0.2) is 0 Å². The van der Waals surface area contributed by atoms with Gasteiger partial charge in [-0.05, 0) is 100 Å². The van der Waals surface area contributed by atoms with Crippen molar-refractivity contribution >= 4 is 5.78 Å². The van der Waals surface area contributed by atoms with E-state index in [1.165, 1.54) is 0 Å². The number of aliphatic hydroxyl groups is 3. The number of fused-ring (bicyclic) bond motifs is 5. The van der Waals surface area contributed by atoms with Gasteiger partial charge in [0.2, 0.25) is 0 Å². The fraction of sp³-hybridized carbons (Fsp3) is 0.967. The highest BCUT2D eigenvalue weighted by Gasteiger charge is 2.66. The Labute approximate surface area is 223 Å². The third kappa shape index (κ3) is 5.69. The van der Waals surface area contributed by atoms with Gasteiger partial charge in [0.1, 0.15) is 5.78 Å². The minimum atomic E-state index is -0.213.